The summed E-state index contributed by atoms with van der Waals surface area (Å²) in [5.41, 5.74) is 1.60. The first-order valence-corrected chi connectivity index (χ1v) is 12.0. The van der Waals surface area contributed by atoms with E-state index in [0.29, 0.717) is 17.2 Å². The zero-order valence-corrected chi connectivity index (χ0v) is 20.0. The van der Waals surface area contributed by atoms with Crippen molar-refractivity contribution in [3.63, 3.8) is 0 Å². The Kier molecular flexibility index (Phi) is 9.12. The molecule has 2 aromatic carbocycles. The molecule has 178 valence electrons. The minimum absolute atomic E-state index is 0.149. The van der Waals surface area contributed by atoms with E-state index in [2.05, 4.69) is 5.32 Å². The number of nitrogens with one attached hydrogen (secondary N) is 1. The van der Waals surface area contributed by atoms with Crippen LogP contribution in [-0.2, 0) is 16.1 Å². The fourth-order valence-corrected chi connectivity index (χ4v) is 4.30. The molecule has 1 aliphatic rings. The molecule has 2 aromatic rings. The molecule has 0 aromatic heterocycles. The van der Waals surface area contributed by atoms with E-state index in [1.54, 1.807) is 30.3 Å². The summed E-state index contributed by atoms with van der Waals surface area (Å²) < 4.78 is 19.1. The first kappa shape index (κ1) is 25.0. The summed E-state index contributed by atoms with van der Waals surface area (Å²) in [4.78, 5) is 28.0. The van der Waals surface area contributed by atoms with Gasteiger partial charge in [-0.2, -0.15) is 0 Å². The van der Waals surface area contributed by atoms with Crippen LogP contribution in [0.2, 0.25) is 5.02 Å². The number of carbonyl (C=O) groups excluding carboxylic acids is 2. The molecule has 0 aliphatic heterocycles. The Hall–Kier alpha value is -2.60. The van der Waals surface area contributed by atoms with Crippen molar-refractivity contribution in [1.29, 1.82) is 0 Å². The van der Waals surface area contributed by atoms with Gasteiger partial charge in [0.15, 0.2) is 6.61 Å². The summed E-state index contributed by atoms with van der Waals surface area (Å²) in [5, 5.41) is 3.76. The van der Waals surface area contributed by atoms with Crippen LogP contribution in [0.25, 0.3) is 0 Å². The molecule has 2 amide bonds. The van der Waals surface area contributed by atoms with Crippen LogP contribution in [0.15, 0.2) is 42.5 Å². The molecule has 33 heavy (non-hydrogen) atoms. The lowest BCUT2D eigenvalue weighted by Crippen LogP contribution is -2.52. The highest BCUT2D eigenvalue weighted by Crippen LogP contribution is 2.22. The Morgan fingerprint density at radius 3 is 2.48 bits per heavy atom. The van der Waals surface area contributed by atoms with E-state index in [9.17, 15) is 14.0 Å². The quantitative estimate of drug-likeness (QED) is 0.527. The van der Waals surface area contributed by atoms with Crippen LogP contribution in [0.5, 0.6) is 5.75 Å². The van der Waals surface area contributed by atoms with Gasteiger partial charge < -0.3 is 15.0 Å². The topological polar surface area (TPSA) is 58.6 Å². The van der Waals surface area contributed by atoms with E-state index in [4.69, 9.17) is 16.3 Å². The molecule has 1 N–H and O–H groups in total. The molecule has 5 nitrogen and oxygen atoms in total. The zero-order valence-electron chi connectivity index (χ0n) is 19.3. The van der Waals surface area contributed by atoms with Gasteiger partial charge in [-0.3, -0.25) is 9.59 Å². The van der Waals surface area contributed by atoms with E-state index in [1.807, 2.05) is 13.8 Å². The third-order valence-corrected chi connectivity index (χ3v) is 6.52. The number of nitrogens with zero attached hydrogens (tertiary/aromatic N) is 1. The first-order chi connectivity index (χ1) is 15.9. The number of aryl methyl sites for hydroxylation is 1. The number of rotatable bonds is 9. The Morgan fingerprint density at radius 2 is 1.85 bits per heavy atom. The van der Waals surface area contributed by atoms with Crippen molar-refractivity contribution in [2.24, 2.45) is 0 Å². The highest BCUT2D eigenvalue weighted by atomic mass is 35.5. The molecular formula is C26H32ClFN2O3. The molecule has 7 heteroatoms. The van der Waals surface area contributed by atoms with Crippen molar-refractivity contribution in [3.8, 4) is 5.75 Å². The molecule has 1 unspecified atom stereocenters. The average Bonchev–Trinajstić information content (AvgIpc) is 2.81. The van der Waals surface area contributed by atoms with Gasteiger partial charge in [0.1, 0.15) is 17.6 Å². The van der Waals surface area contributed by atoms with Gasteiger partial charge in [0.25, 0.3) is 5.91 Å². The van der Waals surface area contributed by atoms with Gasteiger partial charge in [-0.05, 0) is 67.6 Å². The van der Waals surface area contributed by atoms with Crippen LogP contribution in [0.4, 0.5) is 4.39 Å². The van der Waals surface area contributed by atoms with Gasteiger partial charge in [-0.25, -0.2) is 4.39 Å². The van der Waals surface area contributed by atoms with Crippen LogP contribution in [0.3, 0.4) is 0 Å². The fraction of sp³-hybridized carbons (Fsp3) is 0.462. The molecule has 0 heterocycles. The van der Waals surface area contributed by atoms with E-state index in [1.165, 1.54) is 23.5 Å². The molecule has 1 aliphatic carbocycles. The molecule has 0 spiro atoms. The molecule has 3 rings (SSSR count). The number of hydrogen-bond donors (Lipinski definition) is 1. The normalized spacial score (nSPS) is 15.0. The molecule has 0 radical (unpaired) electrons. The SMILES string of the molecule is CCC(C(=O)NC1CCCCC1)N(Cc1ccc(F)cc1)C(=O)COc1ccc(Cl)c(C)c1. The van der Waals surface area contributed by atoms with Crippen LogP contribution >= 0.6 is 11.6 Å². The third kappa shape index (κ3) is 7.19. The number of ether oxygens (including phenoxy) is 1. The van der Waals surface area contributed by atoms with E-state index < -0.39 is 6.04 Å². The number of hydrogen-bond acceptors (Lipinski definition) is 3. The standard InChI is InChI=1S/C26H32ClFN2O3/c1-3-24(26(32)29-21-7-5-4-6-8-21)30(16-19-9-11-20(28)12-10-19)25(31)17-33-22-13-14-23(27)18(2)15-22/h9-15,21,24H,3-8,16-17H2,1-2H3,(H,29,32). The van der Waals surface area contributed by atoms with Gasteiger partial charge in [0.2, 0.25) is 5.91 Å². The number of benzene rings is 2. The minimum atomic E-state index is -0.639. The second-order valence-electron chi connectivity index (χ2n) is 8.62. The number of halogens is 2. The number of carbonyl (C=O) groups is 2. The van der Waals surface area contributed by atoms with Gasteiger partial charge in [-0.1, -0.05) is 49.9 Å². The van der Waals surface area contributed by atoms with E-state index >= 15 is 0 Å². The smallest absolute Gasteiger partial charge is 0.261 e. The zero-order chi connectivity index (χ0) is 23.8. The van der Waals surface area contributed by atoms with Crippen LogP contribution in [-0.4, -0.2) is 35.4 Å². The average molecular weight is 475 g/mol. The Morgan fingerprint density at radius 1 is 1.15 bits per heavy atom. The van der Waals surface area contributed by atoms with Gasteiger partial charge in [-0.15, -0.1) is 0 Å². The van der Waals surface area contributed by atoms with Gasteiger partial charge in [0.05, 0.1) is 0 Å². The molecular weight excluding hydrogens is 443 g/mol. The summed E-state index contributed by atoms with van der Waals surface area (Å²) in [6.45, 7) is 3.73. The highest BCUT2D eigenvalue weighted by Gasteiger charge is 2.30. The monoisotopic (exact) mass is 474 g/mol. The molecule has 1 saturated carbocycles. The predicted octanol–water partition coefficient (Wildman–Crippen LogP) is 5.42. The van der Waals surface area contributed by atoms with Gasteiger partial charge >= 0.3 is 0 Å². The van der Waals surface area contributed by atoms with Crippen molar-refractivity contribution in [1.82, 2.24) is 10.2 Å². The van der Waals surface area contributed by atoms with Crippen molar-refractivity contribution < 1.29 is 18.7 Å². The van der Waals surface area contributed by atoms with E-state index in [-0.39, 0.29) is 36.8 Å². The first-order valence-electron chi connectivity index (χ1n) is 11.6. The van der Waals surface area contributed by atoms with Crippen molar-refractivity contribution >= 4 is 23.4 Å². The Bertz CT molecular complexity index is 945. The lowest BCUT2D eigenvalue weighted by Gasteiger charge is -2.32. The predicted molar refractivity (Wildman–Crippen MR) is 128 cm³/mol. The summed E-state index contributed by atoms with van der Waals surface area (Å²) in [7, 11) is 0. The maximum absolute atomic E-state index is 13.4. The fourth-order valence-electron chi connectivity index (χ4n) is 4.19. The maximum atomic E-state index is 13.4. The van der Waals surface area contributed by atoms with Gasteiger partial charge in [0, 0.05) is 17.6 Å². The Labute approximate surface area is 200 Å². The minimum Gasteiger partial charge on any atom is -0.484 e. The summed E-state index contributed by atoms with van der Waals surface area (Å²) in [6, 6.07) is 10.7. The van der Waals surface area contributed by atoms with Crippen molar-refractivity contribution in [3.05, 3.63) is 64.4 Å². The van der Waals surface area contributed by atoms with Crippen molar-refractivity contribution in [2.45, 2.75) is 71.0 Å². The summed E-state index contributed by atoms with van der Waals surface area (Å²) in [5.74, 6) is -0.272. The van der Waals surface area contributed by atoms with Crippen LogP contribution < -0.4 is 10.1 Å². The van der Waals surface area contributed by atoms with Crippen LogP contribution in [0, 0.1) is 12.7 Å². The molecule has 0 bridgehead atoms. The number of amides is 2. The second-order valence-corrected chi connectivity index (χ2v) is 9.02. The lowest BCUT2D eigenvalue weighted by atomic mass is 9.95. The van der Waals surface area contributed by atoms with Crippen LogP contribution in [0.1, 0.15) is 56.6 Å². The second kappa shape index (κ2) is 12.0. The molecule has 1 fully saturated rings. The maximum Gasteiger partial charge on any atom is 0.261 e. The Balaban J connectivity index is 1.75. The van der Waals surface area contributed by atoms with Crippen molar-refractivity contribution in [2.75, 3.05) is 6.61 Å². The molecule has 0 saturated heterocycles. The third-order valence-electron chi connectivity index (χ3n) is 6.10. The lowest BCUT2D eigenvalue weighted by molar-refractivity contribution is -0.143. The molecule has 1 atom stereocenters. The van der Waals surface area contributed by atoms with E-state index in [0.717, 1.165) is 36.8 Å². The highest BCUT2D eigenvalue weighted by molar-refractivity contribution is 6.31. The summed E-state index contributed by atoms with van der Waals surface area (Å²) in [6.07, 6.45) is 5.80. The largest absolute Gasteiger partial charge is 0.484 e. The summed E-state index contributed by atoms with van der Waals surface area (Å²) >= 11 is 6.07.